The van der Waals surface area contributed by atoms with Gasteiger partial charge in [-0.05, 0) is 13.8 Å². The highest BCUT2D eigenvalue weighted by Crippen LogP contribution is 2.13. The summed E-state index contributed by atoms with van der Waals surface area (Å²) in [6, 6.07) is 0.0813. The van der Waals surface area contributed by atoms with Crippen molar-refractivity contribution >= 4 is 11.6 Å². The fourth-order valence-electron chi connectivity index (χ4n) is 2.58. The lowest BCUT2D eigenvalue weighted by molar-refractivity contribution is -0.0460. The molecule has 1 aromatic heterocycles. The highest BCUT2D eigenvalue weighted by molar-refractivity contribution is 6.01. The molecule has 1 fully saturated rings. The zero-order valence-electron chi connectivity index (χ0n) is 13.3. The molecule has 0 aromatic carbocycles. The van der Waals surface area contributed by atoms with Crippen LogP contribution in [0.3, 0.4) is 0 Å². The Balaban J connectivity index is 2.35. The van der Waals surface area contributed by atoms with E-state index in [1.807, 2.05) is 18.7 Å². The van der Waals surface area contributed by atoms with Crippen LogP contribution in [0.2, 0.25) is 0 Å². The largest absolute Gasteiger partial charge is 0.384 e. The van der Waals surface area contributed by atoms with Gasteiger partial charge < -0.3 is 10.5 Å². The van der Waals surface area contributed by atoms with Crippen molar-refractivity contribution < 1.29 is 9.53 Å². The van der Waals surface area contributed by atoms with E-state index in [1.165, 1.54) is 14.1 Å². The molecule has 0 spiro atoms. The number of nitrogens with two attached hydrogens (primary N) is 1. The molecule has 1 aromatic rings. The second kappa shape index (κ2) is 6.05. The number of hydrogen-bond acceptors (Lipinski definition) is 6. The number of rotatable bonds is 3. The molecule has 1 saturated heterocycles. The maximum Gasteiger partial charge on any atom is 0.332 e. The summed E-state index contributed by atoms with van der Waals surface area (Å²) in [5, 5.41) is 0. The molecule has 1 aliphatic heterocycles. The summed E-state index contributed by atoms with van der Waals surface area (Å²) in [6.07, 6.45) is 0.0318. The molecular formula is C14H22N4O4. The Morgan fingerprint density at radius 3 is 2.55 bits per heavy atom. The second-order valence-electron chi connectivity index (χ2n) is 5.81. The fraction of sp³-hybridized carbons (Fsp3) is 0.643. The van der Waals surface area contributed by atoms with Crippen LogP contribution in [0.25, 0.3) is 0 Å². The van der Waals surface area contributed by atoms with Crippen LogP contribution in [0, 0.1) is 0 Å². The van der Waals surface area contributed by atoms with Gasteiger partial charge in [0.25, 0.3) is 5.56 Å². The third-order valence-electron chi connectivity index (χ3n) is 4.07. The third-order valence-corrected chi connectivity index (χ3v) is 4.07. The number of aromatic nitrogens is 2. The van der Waals surface area contributed by atoms with Gasteiger partial charge in [0.05, 0.1) is 19.3 Å². The predicted molar refractivity (Wildman–Crippen MR) is 82.1 cm³/mol. The minimum Gasteiger partial charge on any atom is -0.384 e. The van der Waals surface area contributed by atoms with E-state index in [0.717, 1.165) is 9.13 Å². The molecule has 22 heavy (non-hydrogen) atoms. The number of nitrogen functional groups attached to an aromatic ring is 1. The number of hydrogen-bond donors (Lipinski definition) is 1. The summed E-state index contributed by atoms with van der Waals surface area (Å²) in [4.78, 5) is 38.5. The van der Waals surface area contributed by atoms with E-state index < -0.39 is 11.2 Å². The highest BCUT2D eigenvalue weighted by atomic mass is 16.5. The van der Waals surface area contributed by atoms with E-state index in [1.54, 1.807) is 0 Å². The molecule has 2 N–H and O–H groups in total. The lowest BCUT2D eigenvalue weighted by atomic mass is 10.1. The van der Waals surface area contributed by atoms with E-state index in [2.05, 4.69) is 0 Å². The van der Waals surface area contributed by atoms with Crippen LogP contribution in [-0.4, -0.2) is 51.7 Å². The van der Waals surface area contributed by atoms with Gasteiger partial charge in [-0.3, -0.25) is 23.6 Å². The zero-order valence-corrected chi connectivity index (χ0v) is 13.3. The number of anilines is 1. The maximum atomic E-state index is 12.5. The van der Waals surface area contributed by atoms with Crippen molar-refractivity contribution in [1.29, 1.82) is 0 Å². The van der Waals surface area contributed by atoms with E-state index in [4.69, 9.17) is 10.5 Å². The summed E-state index contributed by atoms with van der Waals surface area (Å²) < 4.78 is 7.53. The minimum absolute atomic E-state index is 0.0318. The Kier molecular flexibility index (Phi) is 4.52. The van der Waals surface area contributed by atoms with Crippen LogP contribution >= 0.6 is 0 Å². The highest BCUT2D eigenvalue weighted by Gasteiger charge is 2.28. The van der Waals surface area contributed by atoms with Gasteiger partial charge in [-0.2, -0.15) is 0 Å². The number of ether oxygens (including phenoxy) is 1. The van der Waals surface area contributed by atoms with Gasteiger partial charge in [-0.25, -0.2) is 4.79 Å². The molecular weight excluding hydrogens is 288 g/mol. The molecule has 2 heterocycles. The Morgan fingerprint density at radius 1 is 1.27 bits per heavy atom. The average molecular weight is 310 g/mol. The lowest BCUT2D eigenvalue weighted by Crippen LogP contribution is -2.50. The van der Waals surface area contributed by atoms with Crippen molar-refractivity contribution in [3.8, 4) is 0 Å². The number of morpholine rings is 1. The van der Waals surface area contributed by atoms with Crippen LogP contribution in [0.1, 0.15) is 24.2 Å². The molecule has 0 unspecified atom stereocenters. The zero-order chi connectivity index (χ0) is 16.6. The third kappa shape index (κ3) is 2.84. The Hall–Kier alpha value is -1.93. The quantitative estimate of drug-likeness (QED) is 0.716. The van der Waals surface area contributed by atoms with Crippen molar-refractivity contribution in [1.82, 2.24) is 14.0 Å². The van der Waals surface area contributed by atoms with Crippen molar-refractivity contribution in [2.24, 2.45) is 14.1 Å². The molecule has 2 rings (SSSR count). The summed E-state index contributed by atoms with van der Waals surface area (Å²) in [7, 11) is 2.77. The monoisotopic (exact) mass is 310 g/mol. The standard InChI is InChI=1S/C14H22N4O4/c1-8-7-22-9(2)5-18(8)6-10(19)11-12(15)16(3)14(21)17(4)13(11)20/h8-9H,5-7,15H2,1-4H3/t8-,9-/m0/s1. The maximum absolute atomic E-state index is 12.5. The normalized spacial score (nSPS) is 22.7. The van der Waals surface area contributed by atoms with Crippen LogP contribution in [0.4, 0.5) is 5.82 Å². The SMILES string of the molecule is C[C@H]1CN(CC(=O)c2c(N)n(C)c(=O)n(C)c2=O)[C@@H](C)CO1. The van der Waals surface area contributed by atoms with Gasteiger partial charge >= 0.3 is 5.69 Å². The van der Waals surface area contributed by atoms with Gasteiger partial charge in [0.15, 0.2) is 5.78 Å². The van der Waals surface area contributed by atoms with Crippen LogP contribution in [0.5, 0.6) is 0 Å². The second-order valence-corrected chi connectivity index (χ2v) is 5.81. The van der Waals surface area contributed by atoms with Gasteiger partial charge in [-0.1, -0.05) is 0 Å². The first-order valence-electron chi connectivity index (χ1n) is 7.18. The van der Waals surface area contributed by atoms with Crippen molar-refractivity contribution in [2.75, 3.05) is 25.4 Å². The van der Waals surface area contributed by atoms with E-state index in [-0.39, 0.29) is 35.9 Å². The number of carbonyl (C=O) groups is 1. The van der Waals surface area contributed by atoms with Crippen LogP contribution in [0.15, 0.2) is 9.59 Å². The molecule has 1 aliphatic rings. The lowest BCUT2D eigenvalue weighted by Gasteiger charge is -2.36. The molecule has 0 saturated carbocycles. The molecule has 0 bridgehead atoms. The van der Waals surface area contributed by atoms with E-state index in [9.17, 15) is 14.4 Å². The van der Waals surface area contributed by atoms with E-state index in [0.29, 0.717) is 13.2 Å². The predicted octanol–water partition coefficient (Wildman–Crippen LogP) is -1.04. The van der Waals surface area contributed by atoms with Crippen LogP contribution in [-0.2, 0) is 18.8 Å². The molecule has 0 radical (unpaired) electrons. The van der Waals surface area contributed by atoms with Gasteiger partial charge in [0.1, 0.15) is 11.4 Å². The van der Waals surface area contributed by atoms with Gasteiger partial charge in [-0.15, -0.1) is 0 Å². The average Bonchev–Trinajstić information content (AvgIpc) is 2.47. The number of nitrogens with zero attached hydrogens (tertiary/aromatic N) is 3. The van der Waals surface area contributed by atoms with E-state index >= 15 is 0 Å². The smallest absolute Gasteiger partial charge is 0.332 e. The molecule has 0 amide bonds. The van der Waals surface area contributed by atoms with Crippen molar-refractivity contribution in [3.05, 3.63) is 26.4 Å². The van der Waals surface area contributed by atoms with Gasteiger partial charge in [0, 0.05) is 26.7 Å². The van der Waals surface area contributed by atoms with Gasteiger partial charge in [0.2, 0.25) is 0 Å². The molecule has 0 aliphatic carbocycles. The molecule has 8 heteroatoms. The molecule has 2 atom stereocenters. The molecule has 122 valence electrons. The molecule has 8 nitrogen and oxygen atoms in total. The Morgan fingerprint density at radius 2 is 1.91 bits per heavy atom. The minimum atomic E-state index is -0.653. The number of ketones is 1. The Bertz CT molecular complexity index is 706. The van der Waals surface area contributed by atoms with Crippen molar-refractivity contribution in [3.63, 3.8) is 0 Å². The Labute approximate surface area is 128 Å². The number of Topliss-reactive ketones (excluding diaryl/α,β-unsaturated/α-hetero) is 1. The van der Waals surface area contributed by atoms with Crippen molar-refractivity contribution in [2.45, 2.75) is 26.0 Å². The summed E-state index contributed by atoms with van der Waals surface area (Å²) in [6.45, 7) is 5.12. The fourth-order valence-corrected chi connectivity index (χ4v) is 2.58. The summed E-state index contributed by atoms with van der Waals surface area (Å²) >= 11 is 0. The first-order chi connectivity index (χ1) is 10.2. The first-order valence-corrected chi connectivity index (χ1v) is 7.18. The summed E-state index contributed by atoms with van der Waals surface area (Å²) in [5.41, 5.74) is 4.48. The number of carbonyl (C=O) groups excluding carboxylic acids is 1. The first kappa shape index (κ1) is 16.4. The van der Waals surface area contributed by atoms with Crippen LogP contribution < -0.4 is 17.0 Å². The summed E-state index contributed by atoms with van der Waals surface area (Å²) in [5.74, 6) is -0.471. The topological polar surface area (TPSA) is 99.6 Å².